The van der Waals surface area contributed by atoms with Crippen LogP contribution in [0, 0.1) is 5.92 Å². The summed E-state index contributed by atoms with van der Waals surface area (Å²) in [4.78, 5) is 25.0. The third-order valence-corrected chi connectivity index (χ3v) is 3.63. The Kier molecular flexibility index (Phi) is 6.97. The molecule has 2 aromatic rings. The predicted molar refractivity (Wildman–Crippen MR) is 103 cm³/mol. The molecule has 0 aliphatic heterocycles. The summed E-state index contributed by atoms with van der Waals surface area (Å²) >= 11 is 0. The molecule has 0 bridgehead atoms. The van der Waals surface area contributed by atoms with Crippen LogP contribution in [0.25, 0.3) is 6.08 Å². The first-order valence-corrected chi connectivity index (χ1v) is 8.50. The molecule has 0 atom stereocenters. The lowest BCUT2D eigenvalue weighted by molar-refractivity contribution is -0.117. The fraction of sp³-hybridized carbons (Fsp3) is 0.238. The van der Waals surface area contributed by atoms with E-state index in [0.29, 0.717) is 18.0 Å². The molecule has 5 heteroatoms. The summed E-state index contributed by atoms with van der Waals surface area (Å²) < 4.78 is 5.14. The van der Waals surface area contributed by atoms with E-state index in [2.05, 4.69) is 10.6 Å². The molecule has 0 heterocycles. The van der Waals surface area contributed by atoms with Gasteiger partial charge in [0, 0.05) is 12.1 Å². The molecule has 0 fully saturated rings. The molecule has 5 nitrogen and oxygen atoms in total. The molecule has 0 saturated carbocycles. The first-order valence-electron chi connectivity index (χ1n) is 8.50. The summed E-state index contributed by atoms with van der Waals surface area (Å²) in [6.45, 7) is 4.55. The molecule has 2 aromatic carbocycles. The molecule has 0 aliphatic carbocycles. The number of ether oxygens (including phenoxy) is 1. The summed E-state index contributed by atoms with van der Waals surface area (Å²) in [6.07, 6.45) is 1.65. The SMILES string of the molecule is COc1ccc(C=C(NC(=O)c2ccccc2)C(=O)NCC(C)C)cc1. The van der Waals surface area contributed by atoms with Crippen molar-refractivity contribution in [2.75, 3.05) is 13.7 Å². The van der Waals surface area contributed by atoms with Crippen LogP contribution >= 0.6 is 0 Å². The minimum absolute atomic E-state index is 0.199. The van der Waals surface area contributed by atoms with Gasteiger partial charge in [-0.05, 0) is 41.8 Å². The van der Waals surface area contributed by atoms with Crippen molar-refractivity contribution in [3.8, 4) is 5.75 Å². The topological polar surface area (TPSA) is 67.4 Å². The van der Waals surface area contributed by atoms with Gasteiger partial charge < -0.3 is 15.4 Å². The van der Waals surface area contributed by atoms with E-state index >= 15 is 0 Å². The van der Waals surface area contributed by atoms with Crippen molar-refractivity contribution < 1.29 is 14.3 Å². The van der Waals surface area contributed by atoms with E-state index in [4.69, 9.17) is 4.74 Å². The maximum Gasteiger partial charge on any atom is 0.267 e. The van der Waals surface area contributed by atoms with Crippen LogP contribution in [-0.4, -0.2) is 25.5 Å². The van der Waals surface area contributed by atoms with Gasteiger partial charge in [0.15, 0.2) is 0 Å². The Morgan fingerprint density at radius 1 is 1.04 bits per heavy atom. The maximum absolute atomic E-state index is 12.5. The van der Waals surface area contributed by atoms with Crippen LogP contribution < -0.4 is 15.4 Å². The highest BCUT2D eigenvalue weighted by Gasteiger charge is 2.14. The third kappa shape index (κ3) is 5.77. The largest absolute Gasteiger partial charge is 0.497 e. The number of carbonyl (C=O) groups is 2. The Bertz CT molecular complexity index is 766. The molecule has 0 unspecified atom stereocenters. The minimum Gasteiger partial charge on any atom is -0.497 e. The van der Waals surface area contributed by atoms with Gasteiger partial charge in [-0.3, -0.25) is 9.59 Å². The van der Waals surface area contributed by atoms with Gasteiger partial charge in [-0.2, -0.15) is 0 Å². The minimum atomic E-state index is -0.329. The van der Waals surface area contributed by atoms with Crippen molar-refractivity contribution in [2.45, 2.75) is 13.8 Å². The predicted octanol–water partition coefficient (Wildman–Crippen LogP) is 3.24. The van der Waals surface area contributed by atoms with Crippen LogP contribution in [0.4, 0.5) is 0 Å². The highest BCUT2D eigenvalue weighted by molar-refractivity contribution is 6.05. The number of carbonyl (C=O) groups excluding carboxylic acids is 2. The van der Waals surface area contributed by atoms with E-state index in [1.54, 1.807) is 49.6 Å². The molecule has 2 rings (SSSR count). The fourth-order valence-electron chi connectivity index (χ4n) is 2.20. The van der Waals surface area contributed by atoms with Crippen LogP contribution in [0.5, 0.6) is 5.75 Å². The Labute approximate surface area is 154 Å². The number of benzene rings is 2. The molecule has 2 amide bonds. The summed E-state index contributed by atoms with van der Waals surface area (Å²) in [5.41, 5.74) is 1.48. The summed E-state index contributed by atoms with van der Waals surface area (Å²) in [6, 6.07) is 16.0. The lowest BCUT2D eigenvalue weighted by atomic mass is 10.1. The molecule has 0 aromatic heterocycles. The van der Waals surface area contributed by atoms with E-state index in [1.165, 1.54) is 0 Å². The monoisotopic (exact) mass is 352 g/mol. The second-order valence-electron chi connectivity index (χ2n) is 6.26. The number of hydrogen-bond donors (Lipinski definition) is 2. The van der Waals surface area contributed by atoms with E-state index in [0.717, 1.165) is 11.3 Å². The fourth-order valence-corrected chi connectivity index (χ4v) is 2.20. The van der Waals surface area contributed by atoms with Crippen molar-refractivity contribution in [1.29, 1.82) is 0 Å². The first kappa shape index (κ1) is 19.2. The Hall–Kier alpha value is -3.08. The van der Waals surface area contributed by atoms with E-state index in [1.807, 2.05) is 32.0 Å². The van der Waals surface area contributed by atoms with E-state index < -0.39 is 0 Å². The Balaban J connectivity index is 2.23. The van der Waals surface area contributed by atoms with Crippen molar-refractivity contribution in [3.05, 3.63) is 71.4 Å². The molecule has 0 saturated heterocycles. The van der Waals surface area contributed by atoms with Crippen molar-refractivity contribution in [3.63, 3.8) is 0 Å². The maximum atomic E-state index is 12.5. The van der Waals surface area contributed by atoms with E-state index in [9.17, 15) is 9.59 Å². The van der Waals surface area contributed by atoms with Gasteiger partial charge in [0.1, 0.15) is 11.4 Å². The Morgan fingerprint density at radius 3 is 2.27 bits per heavy atom. The van der Waals surface area contributed by atoms with Gasteiger partial charge in [-0.1, -0.05) is 44.2 Å². The highest BCUT2D eigenvalue weighted by atomic mass is 16.5. The summed E-state index contributed by atoms with van der Waals surface area (Å²) in [7, 11) is 1.59. The first-order chi connectivity index (χ1) is 12.5. The van der Waals surface area contributed by atoms with Gasteiger partial charge in [0.05, 0.1) is 7.11 Å². The number of amides is 2. The van der Waals surface area contributed by atoms with Gasteiger partial charge in [0.2, 0.25) is 0 Å². The number of hydrogen-bond acceptors (Lipinski definition) is 3. The number of nitrogens with one attached hydrogen (secondary N) is 2. The molecule has 0 radical (unpaired) electrons. The van der Waals surface area contributed by atoms with Gasteiger partial charge >= 0.3 is 0 Å². The molecule has 136 valence electrons. The molecule has 2 N–H and O–H groups in total. The summed E-state index contributed by atoms with van der Waals surface area (Å²) in [5.74, 6) is 0.385. The molecule has 0 spiro atoms. The zero-order chi connectivity index (χ0) is 18.9. The van der Waals surface area contributed by atoms with E-state index in [-0.39, 0.29) is 17.5 Å². The second kappa shape index (κ2) is 9.42. The van der Waals surface area contributed by atoms with Gasteiger partial charge in [0.25, 0.3) is 11.8 Å². The van der Waals surface area contributed by atoms with Gasteiger partial charge in [-0.15, -0.1) is 0 Å². The standard InChI is InChI=1S/C21H24N2O3/c1-15(2)14-22-21(25)19(13-16-9-11-18(26-3)12-10-16)23-20(24)17-7-5-4-6-8-17/h4-13,15H,14H2,1-3H3,(H,22,25)(H,23,24). The van der Waals surface area contributed by atoms with Crippen molar-refractivity contribution >= 4 is 17.9 Å². The second-order valence-corrected chi connectivity index (χ2v) is 6.26. The number of rotatable bonds is 7. The average Bonchev–Trinajstić information content (AvgIpc) is 2.66. The zero-order valence-corrected chi connectivity index (χ0v) is 15.3. The average molecular weight is 352 g/mol. The van der Waals surface area contributed by atoms with Crippen LogP contribution in [0.1, 0.15) is 29.8 Å². The normalized spacial score (nSPS) is 11.2. The van der Waals surface area contributed by atoms with Crippen LogP contribution in [0.3, 0.4) is 0 Å². The smallest absolute Gasteiger partial charge is 0.267 e. The molecular weight excluding hydrogens is 328 g/mol. The lowest BCUT2D eigenvalue weighted by Gasteiger charge is -2.12. The van der Waals surface area contributed by atoms with Crippen LogP contribution in [-0.2, 0) is 4.79 Å². The molecular formula is C21H24N2O3. The van der Waals surface area contributed by atoms with Crippen molar-refractivity contribution in [2.24, 2.45) is 5.92 Å². The highest BCUT2D eigenvalue weighted by Crippen LogP contribution is 2.14. The molecule has 26 heavy (non-hydrogen) atoms. The molecule has 0 aliphatic rings. The third-order valence-electron chi connectivity index (χ3n) is 3.63. The Morgan fingerprint density at radius 2 is 1.69 bits per heavy atom. The van der Waals surface area contributed by atoms with Crippen molar-refractivity contribution in [1.82, 2.24) is 10.6 Å². The zero-order valence-electron chi connectivity index (χ0n) is 15.3. The van der Waals surface area contributed by atoms with Crippen LogP contribution in [0.2, 0.25) is 0 Å². The quantitative estimate of drug-likeness (QED) is 0.752. The lowest BCUT2D eigenvalue weighted by Crippen LogP contribution is -2.36. The van der Waals surface area contributed by atoms with Gasteiger partial charge in [-0.25, -0.2) is 0 Å². The van der Waals surface area contributed by atoms with Crippen LogP contribution in [0.15, 0.2) is 60.3 Å². The number of methoxy groups -OCH3 is 1. The summed E-state index contributed by atoms with van der Waals surface area (Å²) in [5, 5.41) is 5.55.